The summed E-state index contributed by atoms with van der Waals surface area (Å²) >= 11 is 0. The number of aryl methyl sites for hydroxylation is 2. The summed E-state index contributed by atoms with van der Waals surface area (Å²) in [6, 6.07) is 8.08. The molecule has 0 radical (unpaired) electrons. The van der Waals surface area contributed by atoms with Crippen molar-refractivity contribution in [3.63, 3.8) is 0 Å². The van der Waals surface area contributed by atoms with Gasteiger partial charge in [-0.25, -0.2) is 14.7 Å². The Hall–Kier alpha value is -3.16. The zero-order valence-corrected chi connectivity index (χ0v) is 19.1. The highest BCUT2D eigenvalue weighted by Gasteiger charge is 2.13. The number of nitrogens with zero attached hydrogens (tertiary/aromatic N) is 5. The summed E-state index contributed by atoms with van der Waals surface area (Å²) in [6.45, 7) is 12.2. The molecule has 0 saturated heterocycles. The van der Waals surface area contributed by atoms with Gasteiger partial charge in [-0.2, -0.15) is 5.10 Å². The smallest absolute Gasteiger partial charge is 0.191 e. The van der Waals surface area contributed by atoms with Gasteiger partial charge in [-0.05, 0) is 51.3 Å². The van der Waals surface area contributed by atoms with Crippen molar-refractivity contribution in [3.05, 3.63) is 58.9 Å². The average Bonchev–Trinajstić information content (AvgIpc) is 3.37. The van der Waals surface area contributed by atoms with E-state index in [-0.39, 0.29) is 0 Å². The molecule has 3 aromatic rings. The predicted octanol–water partition coefficient (Wildman–Crippen LogP) is 4.03. The molecule has 0 unspecified atom stereocenters. The molecule has 8 heteroatoms. The fraction of sp³-hybridized carbons (Fsp3) is 0.478. The molecule has 0 fully saturated rings. The standard InChI is InChI=1S/C23H33N7O/c1-6-19(7-2)21-12-20(31-29-21)15-27-23(24-8-3)26-14-18-9-10-22(25-13-18)30-17(5)11-16(4)28-30/h9-13,19H,6-8,14-15H2,1-5H3,(H2,24,26,27). The van der Waals surface area contributed by atoms with Gasteiger partial charge >= 0.3 is 0 Å². The first-order valence-electron chi connectivity index (χ1n) is 11.0. The summed E-state index contributed by atoms with van der Waals surface area (Å²) < 4.78 is 7.34. The number of rotatable bonds is 9. The van der Waals surface area contributed by atoms with Crippen LogP contribution in [0.25, 0.3) is 5.82 Å². The number of guanidine groups is 1. The van der Waals surface area contributed by atoms with Gasteiger partial charge < -0.3 is 15.2 Å². The Morgan fingerprint density at radius 3 is 2.55 bits per heavy atom. The third kappa shape index (κ3) is 5.93. The largest absolute Gasteiger partial charge is 0.359 e. The second-order valence-corrected chi connectivity index (χ2v) is 7.64. The van der Waals surface area contributed by atoms with Crippen molar-refractivity contribution in [2.45, 2.75) is 66.5 Å². The van der Waals surface area contributed by atoms with Crippen LogP contribution in [0.1, 0.15) is 67.9 Å². The van der Waals surface area contributed by atoms with E-state index in [9.17, 15) is 0 Å². The van der Waals surface area contributed by atoms with Crippen molar-refractivity contribution in [1.29, 1.82) is 0 Å². The molecule has 0 aliphatic carbocycles. The molecule has 0 saturated carbocycles. The van der Waals surface area contributed by atoms with E-state index in [4.69, 9.17) is 4.52 Å². The molecule has 0 atom stereocenters. The number of aromatic nitrogens is 4. The van der Waals surface area contributed by atoms with Gasteiger partial charge in [-0.15, -0.1) is 0 Å². The lowest BCUT2D eigenvalue weighted by Gasteiger charge is -2.10. The Labute approximate surface area is 184 Å². The van der Waals surface area contributed by atoms with Gasteiger partial charge in [-0.3, -0.25) is 0 Å². The third-order valence-corrected chi connectivity index (χ3v) is 5.21. The second-order valence-electron chi connectivity index (χ2n) is 7.64. The molecule has 0 aliphatic rings. The van der Waals surface area contributed by atoms with Gasteiger partial charge in [0.25, 0.3) is 0 Å². The number of aliphatic imine (C=N–C) groups is 1. The first-order valence-corrected chi connectivity index (χ1v) is 11.0. The first-order chi connectivity index (χ1) is 15.0. The minimum atomic E-state index is 0.448. The minimum absolute atomic E-state index is 0.448. The van der Waals surface area contributed by atoms with Gasteiger partial charge in [0.1, 0.15) is 0 Å². The van der Waals surface area contributed by atoms with Crippen LogP contribution in [0.5, 0.6) is 0 Å². The highest BCUT2D eigenvalue weighted by molar-refractivity contribution is 5.79. The fourth-order valence-corrected chi connectivity index (χ4v) is 3.49. The molecule has 0 aliphatic heterocycles. The van der Waals surface area contributed by atoms with Crippen LogP contribution < -0.4 is 10.6 Å². The normalized spacial score (nSPS) is 11.9. The van der Waals surface area contributed by atoms with Gasteiger partial charge in [0.2, 0.25) is 0 Å². The van der Waals surface area contributed by atoms with E-state index in [1.807, 2.05) is 55.9 Å². The number of hydrogen-bond donors (Lipinski definition) is 2. The monoisotopic (exact) mass is 423 g/mol. The summed E-state index contributed by atoms with van der Waals surface area (Å²) in [5.74, 6) is 2.79. The van der Waals surface area contributed by atoms with Crippen LogP contribution in [0, 0.1) is 13.8 Å². The molecule has 0 amide bonds. The van der Waals surface area contributed by atoms with Crippen molar-refractivity contribution in [2.24, 2.45) is 4.99 Å². The van der Waals surface area contributed by atoms with E-state index < -0.39 is 0 Å². The van der Waals surface area contributed by atoms with E-state index in [0.717, 1.165) is 59.6 Å². The van der Waals surface area contributed by atoms with Crippen molar-refractivity contribution in [1.82, 2.24) is 30.6 Å². The Morgan fingerprint density at radius 1 is 1.13 bits per heavy atom. The number of nitrogens with one attached hydrogen (secondary N) is 2. The molecule has 8 nitrogen and oxygen atoms in total. The molecule has 166 valence electrons. The van der Waals surface area contributed by atoms with Crippen LogP contribution in [0.3, 0.4) is 0 Å². The van der Waals surface area contributed by atoms with Crippen LogP contribution in [0.15, 0.2) is 40.0 Å². The zero-order chi connectivity index (χ0) is 22.2. The molecule has 0 bridgehead atoms. The van der Waals surface area contributed by atoms with E-state index >= 15 is 0 Å². The van der Waals surface area contributed by atoms with Crippen LogP contribution in [0.2, 0.25) is 0 Å². The Kier molecular flexibility index (Phi) is 7.81. The van der Waals surface area contributed by atoms with E-state index in [1.54, 1.807) is 0 Å². The Bertz CT molecular complexity index is 984. The minimum Gasteiger partial charge on any atom is -0.359 e. The molecule has 3 aromatic heterocycles. The highest BCUT2D eigenvalue weighted by Crippen LogP contribution is 2.22. The third-order valence-electron chi connectivity index (χ3n) is 5.21. The van der Waals surface area contributed by atoms with Crippen molar-refractivity contribution in [2.75, 3.05) is 6.54 Å². The predicted molar refractivity (Wildman–Crippen MR) is 122 cm³/mol. The fourth-order valence-electron chi connectivity index (χ4n) is 3.49. The summed E-state index contributed by atoms with van der Waals surface area (Å²) in [5.41, 5.74) is 4.10. The van der Waals surface area contributed by atoms with Crippen LogP contribution in [-0.2, 0) is 13.1 Å². The number of hydrogen-bond acceptors (Lipinski definition) is 5. The summed E-state index contributed by atoms with van der Waals surface area (Å²) in [7, 11) is 0. The molecule has 3 rings (SSSR count). The van der Waals surface area contributed by atoms with Gasteiger partial charge in [0.15, 0.2) is 17.5 Å². The topological polar surface area (TPSA) is 93.2 Å². The molecular weight excluding hydrogens is 390 g/mol. The maximum atomic E-state index is 5.49. The average molecular weight is 424 g/mol. The molecule has 0 aromatic carbocycles. The SMILES string of the molecule is CCNC(=NCc1ccc(-n2nc(C)cc2C)nc1)NCc1cc(C(CC)CC)no1. The summed E-state index contributed by atoms with van der Waals surface area (Å²) in [4.78, 5) is 9.21. The van der Waals surface area contributed by atoms with E-state index in [1.165, 1.54) is 0 Å². The van der Waals surface area contributed by atoms with Crippen molar-refractivity contribution < 1.29 is 4.52 Å². The molecule has 31 heavy (non-hydrogen) atoms. The van der Waals surface area contributed by atoms with Gasteiger partial charge in [0, 0.05) is 30.4 Å². The molecular formula is C23H33N7O. The van der Waals surface area contributed by atoms with Crippen molar-refractivity contribution >= 4 is 5.96 Å². The lowest BCUT2D eigenvalue weighted by atomic mass is 9.99. The van der Waals surface area contributed by atoms with Crippen molar-refractivity contribution in [3.8, 4) is 5.82 Å². The zero-order valence-electron chi connectivity index (χ0n) is 19.1. The summed E-state index contributed by atoms with van der Waals surface area (Å²) in [6.07, 6.45) is 3.97. The highest BCUT2D eigenvalue weighted by atomic mass is 16.5. The summed E-state index contributed by atoms with van der Waals surface area (Å²) in [5, 5.41) is 15.3. The Morgan fingerprint density at radius 2 is 1.94 bits per heavy atom. The van der Waals surface area contributed by atoms with E-state index in [2.05, 4.69) is 44.7 Å². The van der Waals surface area contributed by atoms with Crippen LogP contribution >= 0.6 is 0 Å². The maximum absolute atomic E-state index is 5.49. The quantitative estimate of drug-likeness (QED) is 0.399. The lowest BCUT2D eigenvalue weighted by molar-refractivity contribution is 0.368. The first kappa shape index (κ1) is 22.5. The maximum Gasteiger partial charge on any atom is 0.191 e. The van der Waals surface area contributed by atoms with E-state index in [0.29, 0.717) is 19.0 Å². The van der Waals surface area contributed by atoms with Crippen LogP contribution in [-0.4, -0.2) is 32.4 Å². The second kappa shape index (κ2) is 10.7. The van der Waals surface area contributed by atoms with Crippen LogP contribution in [0.4, 0.5) is 0 Å². The number of pyridine rings is 1. The van der Waals surface area contributed by atoms with Gasteiger partial charge in [-0.1, -0.05) is 25.1 Å². The van der Waals surface area contributed by atoms with Gasteiger partial charge in [0.05, 0.1) is 24.5 Å². The molecule has 3 heterocycles. The molecule has 2 N–H and O–H groups in total. The Balaban J connectivity index is 1.61. The lowest BCUT2D eigenvalue weighted by Crippen LogP contribution is -2.36. The molecule has 0 spiro atoms.